The first kappa shape index (κ1) is 33.2. The summed E-state index contributed by atoms with van der Waals surface area (Å²) in [6, 6.07) is 69.2. The summed E-state index contributed by atoms with van der Waals surface area (Å²) < 4.78 is 4.62. The Kier molecular flexibility index (Phi) is 7.76. The molecular weight excluding hydrogens is 709 g/mol. The maximum atomic E-state index is 10.1. The average Bonchev–Trinajstić information content (AvgIpc) is 3.82. The maximum Gasteiger partial charge on any atom is 0.166 e. The topological polar surface area (TPSA) is 72.3 Å². The van der Waals surface area contributed by atoms with Gasteiger partial charge in [-0.1, -0.05) is 146 Å². The van der Waals surface area contributed by atoms with Crippen molar-refractivity contribution in [1.29, 1.82) is 5.26 Å². The molecule has 11 rings (SSSR count). The zero-order valence-electron chi connectivity index (χ0n) is 31.2. The van der Waals surface area contributed by atoms with Crippen molar-refractivity contribution < 1.29 is 0 Å². The molecule has 270 valence electrons. The monoisotopic (exact) mass is 740 g/mol. The normalized spacial score (nSPS) is 11.4. The van der Waals surface area contributed by atoms with Gasteiger partial charge in [0.05, 0.1) is 39.4 Å². The number of nitriles is 1. The van der Waals surface area contributed by atoms with Crippen LogP contribution in [0.2, 0.25) is 0 Å². The van der Waals surface area contributed by atoms with Gasteiger partial charge < -0.3 is 9.13 Å². The van der Waals surface area contributed by atoms with Gasteiger partial charge in [-0.25, -0.2) is 15.0 Å². The Bertz CT molecular complexity index is 3340. The highest BCUT2D eigenvalue weighted by Crippen LogP contribution is 2.42. The molecule has 0 N–H and O–H groups in total. The van der Waals surface area contributed by atoms with E-state index in [1.165, 1.54) is 10.8 Å². The van der Waals surface area contributed by atoms with Crippen LogP contribution in [0.3, 0.4) is 0 Å². The number of hydrogen-bond acceptors (Lipinski definition) is 4. The maximum absolute atomic E-state index is 10.1. The highest BCUT2D eigenvalue weighted by atomic mass is 15.1. The minimum absolute atomic E-state index is 0.544. The van der Waals surface area contributed by atoms with Crippen LogP contribution in [0.5, 0.6) is 0 Å². The van der Waals surface area contributed by atoms with Crippen molar-refractivity contribution in [3.05, 3.63) is 200 Å². The number of rotatable bonds is 6. The predicted molar refractivity (Wildman–Crippen MR) is 235 cm³/mol. The van der Waals surface area contributed by atoms with Gasteiger partial charge in [0, 0.05) is 49.5 Å². The average molecular weight is 741 g/mol. The number of aromatic nitrogens is 5. The van der Waals surface area contributed by atoms with Crippen LogP contribution in [0.15, 0.2) is 194 Å². The first-order valence-electron chi connectivity index (χ1n) is 19.3. The summed E-state index contributed by atoms with van der Waals surface area (Å²) in [5, 5.41) is 14.6. The molecule has 0 unspecified atom stereocenters. The third-order valence-electron chi connectivity index (χ3n) is 11.0. The summed E-state index contributed by atoms with van der Waals surface area (Å²) in [7, 11) is 0. The smallest absolute Gasteiger partial charge is 0.166 e. The van der Waals surface area contributed by atoms with E-state index in [1.54, 1.807) is 0 Å². The van der Waals surface area contributed by atoms with Gasteiger partial charge >= 0.3 is 0 Å². The molecule has 3 aromatic heterocycles. The lowest BCUT2D eigenvalue weighted by Gasteiger charge is -2.17. The second kappa shape index (κ2) is 13.6. The fraction of sp³-hybridized carbons (Fsp3) is 0. The minimum atomic E-state index is 0.544. The molecule has 0 fully saturated rings. The highest BCUT2D eigenvalue weighted by Gasteiger charge is 2.22. The third-order valence-corrected chi connectivity index (χ3v) is 11.0. The van der Waals surface area contributed by atoms with E-state index >= 15 is 0 Å². The molecule has 0 saturated heterocycles. The molecule has 8 aromatic carbocycles. The Morgan fingerprint density at radius 1 is 0.379 bits per heavy atom. The molecule has 0 atom stereocenters. The fourth-order valence-electron chi connectivity index (χ4n) is 8.40. The Morgan fingerprint density at radius 3 is 1.60 bits per heavy atom. The van der Waals surface area contributed by atoms with Crippen LogP contribution >= 0.6 is 0 Å². The molecule has 6 heteroatoms. The van der Waals surface area contributed by atoms with E-state index in [9.17, 15) is 5.26 Å². The molecule has 0 spiro atoms. The molecular formula is C52H32N6. The quantitative estimate of drug-likeness (QED) is 0.170. The van der Waals surface area contributed by atoms with Gasteiger partial charge in [0.2, 0.25) is 0 Å². The summed E-state index contributed by atoms with van der Waals surface area (Å²) in [5.74, 6) is 1.71. The zero-order valence-corrected chi connectivity index (χ0v) is 31.2. The van der Waals surface area contributed by atoms with Crippen LogP contribution in [0.4, 0.5) is 0 Å². The van der Waals surface area contributed by atoms with E-state index in [0.717, 1.165) is 72.0 Å². The van der Waals surface area contributed by atoms with Gasteiger partial charge in [-0.3, -0.25) is 0 Å². The Hall–Kier alpha value is -8.14. The molecule has 6 nitrogen and oxygen atoms in total. The Morgan fingerprint density at radius 2 is 0.931 bits per heavy atom. The largest absolute Gasteiger partial charge is 0.309 e. The van der Waals surface area contributed by atoms with Crippen LogP contribution in [0.25, 0.3) is 100 Å². The minimum Gasteiger partial charge on any atom is -0.309 e. The van der Waals surface area contributed by atoms with Crippen LogP contribution < -0.4 is 0 Å². The number of fused-ring (bicyclic) bond motifs is 6. The van der Waals surface area contributed by atoms with Crippen LogP contribution in [-0.2, 0) is 0 Å². The highest BCUT2D eigenvalue weighted by molar-refractivity contribution is 6.14. The van der Waals surface area contributed by atoms with E-state index in [0.29, 0.717) is 23.0 Å². The molecule has 11 aromatic rings. The van der Waals surface area contributed by atoms with Gasteiger partial charge in [0.15, 0.2) is 17.5 Å². The fourth-order valence-corrected chi connectivity index (χ4v) is 8.40. The second-order valence-electron chi connectivity index (χ2n) is 14.4. The number of nitrogens with zero attached hydrogens (tertiary/aromatic N) is 6. The summed E-state index contributed by atoms with van der Waals surface area (Å²) in [6.45, 7) is 0. The van der Waals surface area contributed by atoms with Crippen molar-refractivity contribution in [2.75, 3.05) is 0 Å². The molecule has 3 heterocycles. The lowest BCUT2D eigenvalue weighted by Crippen LogP contribution is -2.04. The molecule has 0 aliphatic rings. The number of benzene rings is 8. The standard InChI is InChI=1S/C52H32N6/c53-33-34-27-29-42-40-21-10-13-26-46(40)58(48(42)31-34)47-30-28-37(39-23-14-24-43-41-22-11-12-25-45(41)57(49(39)43)38-19-8-3-9-20-38)32-44(47)52-55-50(35-15-4-1-5-16-35)54-51(56-52)36-17-6-2-7-18-36/h1-32H. The van der Waals surface area contributed by atoms with Crippen molar-refractivity contribution in [3.8, 4) is 62.7 Å². The van der Waals surface area contributed by atoms with E-state index in [4.69, 9.17) is 15.0 Å². The van der Waals surface area contributed by atoms with Gasteiger partial charge in [0.25, 0.3) is 0 Å². The van der Waals surface area contributed by atoms with Crippen LogP contribution in [0, 0.1) is 11.3 Å². The molecule has 58 heavy (non-hydrogen) atoms. The molecule has 0 radical (unpaired) electrons. The van der Waals surface area contributed by atoms with E-state index in [1.807, 2.05) is 78.9 Å². The van der Waals surface area contributed by atoms with Crippen molar-refractivity contribution in [1.82, 2.24) is 24.1 Å². The Labute approximate surface area is 334 Å². The van der Waals surface area contributed by atoms with E-state index < -0.39 is 0 Å². The summed E-state index contributed by atoms with van der Waals surface area (Å²) >= 11 is 0. The molecule has 0 saturated carbocycles. The van der Waals surface area contributed by atoms with Crippen molar-refractivity contribution in [2.24, 2.45) is 0 Å². The number of para-hydroxylation sites is 4. The van der Waals surface area contributed by atoms with Crippen LogP contribution in [-0.4, -0.2) is 24.1 Å². The summed E-state index contributed by atoms with van der Waals surface area (Å²) in [5.41, 5.74) is 11.5. The van der Waals surface area contributed by atoms with Gasteiger partial charge in [-0.2, -0.15) is 5.26 Å². The van der Waals surface area contributed by atoms with Crippen molar-refractivity contribution in [3.63, 3.8) is 0 Å². The predicted octanol–water partition coefficient (Wildman–Crippen LogP) is 12.6. The zero-order chi connectivity index (χ0) is 38.6. The molecule has 0 aliphatic carbocycles. The number of hydrogen-bond donors (Lipinski definition) is 0. The molecule has 0 amide bonds. The lowest BCUT2D eigenvalue weighted by molar-refractivity contribution is 1.06. The Balaban J connectivity index is 1.25. The van der Waals surface area contributed by atoms with E-state index in [2.05, 4.69) is 130 Å². The summed E-state index contributed by atoms with van der Waals surface area (Å²) in [6.07, 6.45) is 0. The summed E-state index contributed by atoms with van der Waals surface area (Å²) in [4.78, 5) is 15.6. The molecule has 0 bridgehead atoms. The van der Waals surface area contributed by atoms with E-state index in [-0.39, 0.29) is 0 Å². The SMILES string of the molecule is N#Cc1ccc2c3ccccc3n(-c3ccc(-c4cccc5c6ccccc6n(-c6ccccc6)c45)cc3-c3nc(-c4ccccc4)nc(-c4ccccc4)n3)c2c1. The van der Waals surface area contributed by atoms with Crippen LogP contribution in [0.1, 0.15) is 5.56 Å². The first-order valence-corrected chi connectivity index (χ1v) is 19.3. The lowest BCUT2D eigenvalue weighted by atomic mass is 9.98. The van der Waals surface area contributed by atoms with Gasteiger partial charge in [0.1, 0.15) is 0 Å². The van der Waals surface area contributed by atoms with Crippen molar-refractivity contribution >= 4 is 43.6 Å². The van der Waals surface area contributed by atoms with Crippen molar-refractivity contribution in [2.45, 2.75) is 0 Å². The molecule has 0 aliphatic heterocycles. The van der Waals surface area contributed by atoms with Gasteiger partial charge in [-0.15, -0.1) is 0 Å². The first-order chi connectivity index (χ1) is 28.7. The third kappa shape index (κ3) is 5.37. The van der Waals surface area contributed by atoms with Gasteiger partial charge in [-0.05, 0) is 54.1 Å². The second-order valence-corrected chi connectivity index (χ2v) is 14.4.